The first-order chi connectivity index (χ1) is 14.8. The van der Waals surface area contributed by atoms with Crippen LogP contribution in [-0.4, -0.2) is 38.9 Å². The van der Waals surface area contributed by atoms with Crippen molar-refractivity contribution >= 4 is 46.3 Å². The van der Waals surface area contributed by atoms with Crippen molar-refractivity contribution in [2.45, 2.75) is 32.9 Å². The third-order valence-corrected chi connectivity index (χ3v) is 5.69. The van der Waals surface area contributed by atoms with E-state index in [1.807, 2.05) is 26.8 Å². The maximum absolute atomic E-state index is 13.1. The lowest BCUT2D eigenvalue weighted by molar-refractivity contribution is -0.145. The summed E-state index contributed by atoms with van der Waals surface area (Å²) < 4.78 is 11.7. The molecule has 162 valence electrons. The van der Waals surface area contributed by atoms with Crippen LogP contribution in [0.5, 0.6) is 11.5 Å². The van der Waals surface area contributed by atoms with Gasteiger partial charge >= 0.3 is 5.97 Å². The molecule has 1 fully saturated rings. The third kappa shape index (κ3) is 5.26. The summed E-state index contributed by atoms with van der Waals surface area (Å²) in [7, 11) is 0. The van der Waals surface area contributed by atoms with Crippen molar-refractivity contribution in [2.24, 2.45) is 0 Å². The van der Waals surface area contributed by atoms with E-state index in [9.17, 15) is 14.7 Å². The van der Waals surface area contributed by atoms with Crippen molar-refractivity contribution < 1.29 is 24.2 Å². The van der Waals surface area contributed by atoms with Gasteiger partial charge in [0, 0.05) is 0 Å². The normalized spacial score (nSPS) is 16.1. The van der Waals surface area contributed by atoms with Gasteiger partial charge in [0.05, 0.1) is 17.6 Å². The molecule has 1 N–H and O–H groups in total. The number of carbonyl (C=O) groups is 2. The Balaban J connectivity index is 1.92. The van der Waals surface area contributed by atoms with Crippen molar-refractivity contribution in [2.75, 3.05) is 6.61 Å². The number of ether oxygens (including phenoxy) is 2. The molecule has 0 radical (unpaired) electrons. The molecule has 6 nitrogen and oxygen atoms in total. The molecule has 0 aromatic heterocycles. The number of carboxylic acids is 1. The standard InChI is InChI=1S/C23H23NO5S2/c1-4-28-18-12-15(10-11-17(18)29-14(2)3)13-19-21(25)24(23(30)31-19)20(22(26)27)16-8-6-5-7-9-16/h5-14,20H,4H2,1-3H3,(H,26,27)/b19-13-. The third-order valence-electron chi connectivity index (χ3n) is 4.36. The summed E-state index contributed by atoms with van der Waals surface area (Å²) in [5.74, 6) is -0.381. The molecule has 2 aromatic rings. The Kier molecular flexibility index (Phi) is 7.35. The number of amides is 1. The number of benzene rings is 2. The zero-order chi connectivity index (χ0) is 22.5. The fraction of sp³-hybridized carbons (Fsp3) is 0.261. The van der Waals surface area contributed by atoms with Gasteiger partial charge in [-0.15, -0.1) is 0 Å². The minimum Gasteiger partial charge on any atom is -0.490 e. The minimum absolute atomic E-state index is 0.00718. The molecular formula is C23H23NO5S2. The average molecular weight is 458 g/mol. The topological polar surface area (TPSA) is 76.1 Å². The molecule has 0 bridgehead atoms. The van der Waals surface area contributed by atoms with E-state index in [1.54, 1.807) is 48.5 Å². The molecule has 1 aliphatic heterocycles. The summed E-state index contributed by atoms with van der Waals surface area (Å²) >= 11 is 6.45. The molecule has 0 spiro atoms. The van der Waals surface area contributed by atoms with E-state index in [4.69, 9.17) is 21.7 Å². The van der Waals surface area contributed by atoms with Crippen LogP contribution < -0.4 is 9.47 Å². The second-order valence-electron chi connectivity index (χ2n) is 7.01. The number of hydrogen-bond acceptors (Lipinski definition) is 6. The van der Waals surface area contributed by atoms with Crippen molar-refractivity contribution in [3.05, 3.63) is 64.6 Å². The number of thiocarbonyl (C=S) groups is 1. The van der Waals surface area contributed by atoms with Crippen LogP contribution in [0.25, 0.3) is 6.08 Å². The highest BCUT2D eigenvalue weighted by atomic mass is 32.2. The van der Waals surface area contributed by atoms with E-state index in [-0.39, 0.29) is 10.4 Å². The van der Waals surface area contributed by atoms with E-state index in [1.165, 1.54) is 0 Å². The predicted molar refractivity (Wildman–Crippen MR) is 125 cm³/mol. The lowest BCUT2D eigenvalue weighted by Crippen LogP contribution is -2.37. The maximum atomic E-state index is 13.1. The predicted octanol–water partition coefficient (Wildman–Crippen LogP) is 4.90. The van der Waals surface area contributed by atoms with Crippen LogP contribution in [0.3, 0.4) is 0 Å². The van der Waals surface area contributed by atoms with Gasteiger partial charge in [0.15, 0.2) is 17.5 Å². The van der Waals surface area contributed by atoms with Crippen LogP contribution in [0.15, 0.2) is 53.4 Å². The molecule has 0 aliphatic carbocycles. The largest absolute Gasteiger partial charge is 0.490 e. The van der Waals surface area contributed by atoms with Gasteiger partial charge in [-0.25, -0.2) is 4.79 Å². The molecule has 1 heterocycles. The van der Waals surface area contributed by atoms with Gasteiger partial charge < -0.3 is 14.6 Å². The SMILES string of the molecule is CCOc1cc(/C=C2\SC(=S)N(C(C(=O)O)c3ccccc3)C2=O)ccc1OC(C)C. The molecular weight excluding hydrogens is 434 g/mol. The van der Waals surface area contributed by atoms with E-state index >= 15 is 0 Å². The van der Waals surface area contributed by atoms with Crippen LogP contribution in [0, 0.1) is 0 Å². The molecule has 1 saturated heterocycles. The summed E-state index contributed by atoms with van der Waals surface area (Å²) in [5, 5.41) is 9.78. The zero-order valence-electron chi connectivity index (χ0n) is 17.4. The Morgan fingerprint density at radius 3 is 2.52 bits per heavy atom. The van der Waals surface area contributed by atoms with Crippen molar-refractivity contribution in [3.8, 4) is 11.5 Å². The van der Waals surface area contributed by atoms with Crippen LogP contribution >= 0.6 is 24.0 Å². The van der Waals surface area contributed by atoms with E-state index < -0.39 is 17.9 Å². The maximum Gasteiger partial charge on any atom is 0.331 e. The Morgan fingerprint density at radius 1 is 1.19 bits per heavy atom. The smallest absolute Gasteiger partial charge is 0.331 e. The Hall–Kier alpha value is -2.84. The second-order valence-corrected chi connectivity index (χ2v) is 8.68. The van der Waals surface area contributed by atoms with Gasteiger partial charge in [-0.2, -0.15) is 0 Å². The lowest BCUT2D eigenvalue weighted by Gasteiger charge is -2.23. The summed E-state index contributed by atoms with van der Waals surface area (Å²) in [6, 6.07) is 12.8. The summed E-state index contributed by atoms with van der Waals surface area (Å²) in [5.41, 5.74) is 1.22. The van der Waals surface area contributed by atoms with Gasteiger partial charge in [-0.3, -0.25) is 9.69 Å². The zero-order valence-corrected chi connectivity index (χ0v) is 19.0. The van der Waals surface area contributed by atoms with Gasteiger partial charge in [-0.05, 0) is 50.1 Å². The Labute approximate surface area is 190 Å². The van der Waals surface area contributed by atoms with Crippen LogP contribution in [0.2, 0.25) is 0 Å². The number of carbonyl (C=O) groups excluding carboxylic acids is 1. The molecule has 1 unspecified atom stereocenters. The van der Waals surface area contributed by atoms with Crippen molar-refractivity contribution in [3.63, 3.8) is 0 Å². The number of nitrogens with zero attached hydrogens (tertiary/aromatic N) is 1. The summed E-state index contributed by atoms with van der Waals surface area (Å²) in [4.78, 5) is 26.6. The first-order valence-corrected chi connectivity index (χ1v) is 11.0. The number of thioether (sulfide) groups is 1. The fourth-order valence-electron chi connectivity index (χ4n) is 3.13. The molecule has 1 atom stereocenters. The summed E-state index contributed by atoms with van der Waals surface area (Å²) in [6.45, 7) is 6.21. The lowest BCUT2D eigenvalue weighted by atomic mass is 10.1. The number of rotatable bonds is 8. The first-order valence-electron chi connectivity index (χ1n) is 9.80. The Bertz CT molecular complexity index is 1020. The molecule has 1 aliphatic rings. The monoisotopic (exact) mass is 457 g/mol. The van der Waals surface area contributed by atoms with E-state index in [0.29, 0.717) is 28.6 Å². The van der Waals surface area contributed by atoms with Gasteiger partial charge in [0.2, 0.25) is 0 Å². The quantitative estimate of drug-likeness (QED) is 0.446. The van der Waals surface area contributed by atoms with Gasteiger partial charge in [-0.1, -0.05) is 60.4 Å². The molecule has 0 saturated carbocycles. The molecule has 31 heavy (non-hydrogen) atoms. The minimum atomic E-state index is -1.18. The highest BCUT2D eigenvalue weighted by molar-refractivity contribution is 8.26. The van der Waals surface area contributed by atoms with Crippen LogP contribution in [0.1, 0.15) is 37.9 Å². The van der Waals surface area contributed by atoms with Gasteiger partial charge in [0.25, 0.3) is 5.91 Å². The van der Waals surface area contributed by atoms with Gasteiger partial charge in [0.1, 0.15) is 4.32 Å². The number of aliphatic carboxylic acids is 1. The van der Waals surface area contributed by atoms with Crippen LogP contribution in [0.4, 0.5) is 0 Å². The Morgan fingerprint density at radius 2 is 1.90 bits per heavy atom. The van der Waals surface area contributed by atoms with E-state index in [2.05, 4.69) is 0 Å². The van der Waals surface area contributed by atoms with Crippen molar-refractivity contribution in [1.82, 2.24) is 4.90 Å². The molecule has 8 heteroatoms. The van der Waals surface area contributed by atoms with Crippen molar-refractivity contribution in [1.29, 1.82) is 0 Å². The summed E-state index contributed by atoms with van der Waals surface area (Å²) in [6.07, 6.45) is 1.68. The van der Waals surface area contributed by atoms with E-state index in [0.717, 1.165) is 22.2 Å². The molecule has 1 amide bonds. The average Bonchev–Trinajstić information content (AvgIpc) is 2.98. The molecule has 2 aromatic carbocycles. The molecule has 3 rings (SSSR count). The highest BCUT2D eigenvalue weighted by Crippen LogP contribution is 2.39. The first kappa shape index (κ1) is 22.8. The highest BCUT2D eigenvalue weighted by Gasteiger charge is 2.41. The number of carboxylic acid groups (broad SMARTS) is 1. The van der Waals surface area contributed by atoms with Crippen LogP contribution in [-0.2, 0) is 9.59 Å². The second kappa shape index (κ2) is 9.98. The fourth-order valence-corrected chi connectivity index (χ4v) is 4.44. The number of hydrogen-bond donors (Lipinski definition) is 1.